The molecule has 1 aliphatic carbocycles. The number of morpholine rings is 1. The van der Waals surface area contributed by atoms with Crippen molar-refractivity contribution >= 4 is 0 Å². The molecule has 1 aromatic rings. The minimum atomic E-state index is 0.864. The van der Waals surface area contributed by atoms with E-state index >= 15 is 0 Å². The molecule has 3 heteroatoms. The third-order valence-corrected chi connectivity index (χ3v) is 4.07. The Morgan fingerprint density at radius 2 is 1.84 bits per heavy atom. The van der Waals surface area contributed by atoms with Crippen molar-refractivity contribution in [3.05, 3.63) is 35.4 Å². The Labute approximate surface area is 115 Å². The smallest absolute Gasteiger partial charge is 0.0594 e. The first-order valence-electron chi connectivity index (χ1n) is 7.51. The molecule has 0 unspecified atom stereocenters. The maximum atomic E-state index is 5.35. The van der Waals surface area contributed by atoms with E-state index in [0.717, 1.165) is 51.9 Å². The van der Waals surface area contributed by atoms with Crippen LogP contribution in [0.25, 0.3) is 0 Å². The lowest BCUT2D eigenvalue weighted by Gasteiger charge is -2.26. The molecule has 1 heterocycles. The lowest BCUT2D eigenvalue weighted by Crippen LogP contribution is -2.40. The highest BCUT2D eigenvalue weighted by Gasteiger charge is 2.22. The van der Waals surface area contributed by atoms with Crippen molar-refractivity contribution in [2.24, 2.45) is 0 Å². The average molecular weight is 260 g/mol. The van der Waals surface area contributed by atoms with Crippen molar-refractivity contribution in [1.29, 1.82) is 0 Å². The summed E-state index contributed by atoms with van der Waals surface area (Å²) in [7, 11) is 0. The molecule has 3 rings (SSSR count). The highest BCUT2D eigenvalue weighted by molar-refractivity contribution is 5.27. The molecule has 2 aliphatic rings. The summed E-state index contributed by atoms with van der Waals surface area (Å²) in [5, 5.41) is 3.53. The lowest BCUT2D eigenvalue weighted by atomic mass is 10.1. The fourth-order valence-electron chi connectivity index (χ4n) is 2.62. The summed E-state index contributed by atoms with van der Waals surface area (Å²) in [6, 6.07) is 9.15. The zero-order chi connectivity index (χ0) is 12.9. The molecule has 1 saturated carbocycles. The van der Waals surface area contributed by atoms with Gasteiger partial charge in [-0.25, -0.2) is 0 Å². The molecular weight excluding hydrogens is 236 g/mol. The molecular formula is C16H24N2O. The van der Waals surface area contributed by atoms with Gasteiger partial charge in [-0.15, -0.1) is 0 Å². The van der Waals surface area contributed by atoms with Crippen molar-refractivity contribution in [2.45, 2.75) is 25.3 Å². The van der Waals surface area contributed by atoms with Gasteiger partial charge in [0.2, 0.25) is 0 Å². The van der Waals surface area contributed by atoms with E-state index in [0.29, 0.717) is 0 Å². The van der Waals surface area contributed by atoms with Gasteiger partial charge in [0, 0.05) is 32.7 Å². The minimum Gasteiger partial charge on any atom is -0.379 e. The molecule has 1 aromatic carbocycles. The highest BCUT2D eigenvalue weighted by Crippen LogP contribution is 2.39. The van der Waals surface area contributed by atoms with Crippen LogP contribution in [0.3, 0.4) is 0 Å². The van der Waals surface area contributed by atoms with Crippen LogP contribution in [0.1, 0.15) is 29.9 Å². The number of hydrogen-bond acceptors (Lipinski definition) is 3. The second-order valence-electron chi connectivity index (χ2n) is 5.65. The van der Waals surface area contributed by atoms with Gasteiger partial charge >= 0.3 is 0 Å². The third-order valence-electron chi connectivity index (χ3n) is 4.07. The summed E-state index contributed by atoms with van der Waals surface area (Å²) < 4.78 is 5.35. The molecule has 0 amide bonds. The van der Waals surface area contributed by atoms with Crippen LogP contribution in [0.4, 0.5) is 0 Å². The Kier molecular flexibility index (Phi) is 4.49. The molecule has 2 fully saturated rings. The van der Waals surface area contributed by atoms with Gasteiger partial charge in [0.1, 0.15) is 0 Å². The molecule has 0 spiro atoms. The predicted octanol–water partition coefficient (Wildman–Crippen LogP) is 1.99. The zero-order valence-corrected chi connectivity index (χ0v) is 11.6. The Bertz CT molecular complexity index is 380. The van der Waals surface area contributed by atoms with Crippen LogP contribution < -0.4 is 5.32 Å². The third kappa shape index (κ3) is 4.03. The molecule has 0 aromatic heterocycles. The van der Waals surface area contributed by atoms with E-state index < -0.39 is 0 Å². The van der Waals surface area contributed by atoms with Crippen molar-refractivity contribution in [3.8, 4) is 0 Å². The maximum Gasteiger partial charge on any atom is 0.0594 e. The normalized spacial score (nSPS) is 20.6. The molecule has 1 aliphatic heterocycles. The van der Waals surface area contributed by atoms with E-state index in [-0.39, 0.29) is 0 Å². The summed E-state index contributed by atoms with van der Waals surface area (Å²) in [5.41, 5.74) is 2.92. The van der Waals surface area contributed by atoms with Crippen LogP contribution in [-0.4, -0.2) is 44.3 Å². The van der Waals surface area contributed by atoms with E-state index in [1.54, 1.807) is 0 Å². The summed E-state index contributed by atoms with van der Waals surface area (Å²) in [4.78, 5) is 2.46. The fourth-order valence-corrected chi connectivity index (χ4v) is 2.62. The molecule has 0 bridgehead atoms. The van der Waals surface area contributed by atoms with Gasteiger partial charge in [0.05, 0.1) is 13.2 Å². The number of nitrogens with zero attached hydrogens (tertiary/aromatic N) is 1. The number of benzene rings is 1. The van der Waals surface area contributed by atoms with Crippen LogP contribution >= 0.6 is 0 Å². The number of nitrogens with one attached hydrogen (secondary N) is 1. The Morgan fingerprint density at radius 1 is 1.11 bits per heavy atom. The first kappa shape index (κ1) is 13.1. The lowest BCUT2D eigenvalue weighted by molar-refractivity contribution is 0.0384. The fraction of sp³-hybridized carbons (Fsp3) is 0.625. The van der Waals surface area contributed by atoms with Gasteiger partial charge in [-0.1, -0.05) is 24.3 Å². The number of hydrogen-bond donors (Lipinski definition) is 1. The first-order chi connectivity index (χ1) is 9.42. The van der Waals surface area contributed by atoms with Gasteiger partial charge in [-0.05, 0) is 29.9 Å². The highest BCUT2D eigenvalue weighted by atomic mass is 16.5. The Morgan fingerprint density at radius 3 is 2.53 bits per heavy atom. The van der Waals surface area contributed by atoms with Crippen LogP contribution in [0.5, 0.6) is 0 Å². The molecule has 0 atom stereocenters. The number of ether oxygens (including phenoxy) is 1. The molecule has 19 heavy (non-hydrogen) atoms. The van der Waals surface area contributed by atoms with Crippen molar-refractivity contribution < 1.29 is 4.74 Å². The summed E-state index contributed by atoms with van der Waals surface area (Å²) in [6.07, 6.45) is 2.77. The second kappa shape index (κ2) is 6.51. The molecule has 3 nitrogen and oxygen atoms in total. The van der Waals surface area contributed by atoms with E-state index in [2.05, 4.69) is 34.5 Å². The summed E-state index contributed by atoms with van der Waals surface area (Å²) in [6.45, 7) is 7.12. The van der Waals surface area contributed by atoms with Gasteiger partial charge in [-0.2, -0.15) is 0 Å². The van der Waals surface area contributed by atoms with E-state index in [4.69, 9.17) is 4.74 Å². The van der Waals surface area contributed by atoms with Gasteiger partial charge < -0.3 is 10.1 Å². The van der Waals surface area contributed by atoms with Crippen molar-refractivity contribution in [3.63, 3.8) is 0 Å². The molecule has 104 valence electrons. The molecule has 1 saturated heterocycles. The minimum absolute atomic E-state index is 0.864. The average Bonchev–Trinajstić information content (AvgIpc) is 3.30. The van der Waals surface area contributed by atoms with Gasteiger partial charge in [0.15, 0.2) is 0 Å². The second-order valence-corrected chi connectivity index (χ2v) is 5.65. The van der Waals surface area contributed by atoms with Crippen LogP contribution in [0, 0.1) is 0 Å². The number of rotatable bonds is 6. The predicted molar refractivity (Wildman–Crippen MR) is 77.4 cm³/mol. The SMILES string of the molecule is c1cc(C2CC2)ccc1CNCCN1CCOCC1. The Hall–Kier alpha value is -0.900. The van der Waals surface area contributed by atoms with E-state index in [9.17, 15) is 0 Å². The van der Waals surface area contributed by atoms with E-state index in [1.807, 2.05) is 0 Å². The van der Waals surface area contributed by atoms with Gasteiger partial charge in [-0.3, -0.25) is 4.90 Å². The van der Waals surface area contributed by atoms with Crippen LogP contribution in [0.15, 0.2) is 24.3 Å². The maximum absolute atomic E-state index is 5.35. The van der Waals surface area contributed by atoms with Crippen molar-refractivity contribution in [2.75, 3.05) is 39.4 Å². The zero-order valence-electron chi connectivity index (χ0n) is 11.6. The first-order valence-corrected chi connectivity index (χ1v) is 7.51. The van der Waals surface area contributed by atoms with Crippen LogP contribution in [0.2, 0.25) is 0 Å². The standard InChI is InChI=1S/C16H24N2O/c1-3-15(16-5-6-16)4-2-14(1)13-17-7-8-18-9-11-19-12-10-18/h1-4,16-17H,5-13H2. The topological polar surface area (TPSA) is 24.5 Å². The monoisotopic (exact) mass is 260 g/mol. The largest absolute Gasteiger partial charge is 0.379 e. The molecule has 1 N–H and O–H groups in total. The molecule has 0 radical (unpaired) electrons. The van der Waals surface area contributed by atoms with Crippen LogP contribution in [-0.2, 0) is 11.3 Å². The summed E-state index contributed by atoms with van der Waals surface area (Å²) in [5.74, 6) is 0.864. The van der Waals surface area contributed by atoms with Gasteiger partial charge in [0.25, 0.3) is 0 Å². The van der Waals surface area contributed by atoms with Crippen molar-refractivity contribution in [1.82, 2.24) is 10.2 Å². The van der Waals surface area contributed by atoms with E-state index in [1.165, 1.54) is 24.0 Å². The summed E-state index contributed by atoms with van der Waals surface area (Å²) >= 11 is 0. The quantitative estimate of drug-likeness (QED) is 0.792. The Balaban J connectivity index is 1.34.